The number of thioether (sulfide) groups is 1. The first kappa shape index (κ1) is 17.4. The van der Waals surface area contributed by atoms with Crippen LogP contribution in [-0.2, 0) is 9.59 Å². The lowest BCUT2D eigenvalue weighted by Crippen LogP contribution is -2.44. The molecule has 0 atom stereocenters. The van der Waals surface area contributed by atoms with Gasteiger partial charge in [-0.2, -0.15) is 0 Å². The molecule has 1 aromatic carbocycles. The molecule has 1 rings (SSSR count). The van der Waals surface area contributed by atoms with Crippen LogP contribution in [0.3, 0.4) is 0 Å². The molecule has 0 radical (unpaired) electrons. The van der Waals surface area contributed by atoms with Gasteiger partial charge in [-0.1, -0.05) is 38.5 Å². The molecule has 0 unspecified atom stereocenters. The van der Waals surface area contributed by atoms with Gasteiger partial charge in [0.1, 0.15) is 5.75 Å². The standard InChI is InChI=1S/C15H22N2O3S/c1-11-5-7-12(8-6-11)20-9-13(18)16-17-14(19)10-21-15(2,3)4/h5-8H,9-10H2,1-4H3,(H,16,18)(H,17,19). The van der Waals surface area contributed by atoms with Gasteiger partial charge >= 0.3 is 0 Å². The van der Waals surface area contributed by atoms with E-state index >= 15 is 0 Å². The Labute approximate surface area is 129 Å². The molecule has 0 aliphatic rings. The summed E-state index contributed by atoms with van der Waals surface area (Å²) in [6.07, 6.45) is 0. The lowest BCUT2D eigenvalue weighted by atomic mass is 10.2. The van der Waals surface area contributed by atoms with E-state index in [9.17, 15) is 9.59 Å². The summed E-state index contributed by atoms with van der Waals surface area (Å²) in [5, 5.41) is 0. The summed E-state index contributed by atoms with van der Waals surface area (Å²) < 4.78 is 5.31. The molecule has 0 aliphatic heterocycles. The van der Waals surface area contributed by atoms with Crippen molar-refractivity contribution in [2.24, 2.45) is 0 Å². The number of ether oxygens (including phenoxy) is 1. The molecule has 0 saturated heterocycles. The number of hydrogen-bond acceptors (Lipinski definition) is 4. The van der Waals surface area contributed by atoms with Crippen molar-refractivity contribution in [1.82, 2.24) is 10.9 Å². The number of carbonyl (C=O) groups excluding carboxylic acids is 2. The summed E-state index contributed by atoms with van der Waals surface area (Å²) in [7, 11) is 0. The third-order valence-electron chi connectivity index (χ3n) is 2.37. The van der Waals surface area contributed by atoms with Gasteiger partial charge in [-0.05, 0) is 19.1 Å². The smallest absolute Gasteiger partial charge is 0.276 e. The zero-order chi connectivity index (χ0) is 15.9. The molecule has 0 saturated carbocycles. The van der Waals surface area contributed by atoms with Crippen LogP contribution >= 0.6 is 11.8 Å². The Bertz CT molecular complexity index is 481. The van der Waals surface area contributed by atoms with Crippen molar-refractivity contribution in [2.45, 2.75) is 32.4 Å². The fourth-order valence-electron chi connectivity index (χ4n) is 1.28. The third-order valence-corrected chi connectivity index (χ3v) is 3.64. The molecule has 116 valence electrons. The molecule has 2 amide bonds. The van der Waals surface area contributed by atoms with E-state index in [-0.39, 0.29) is 17.3 Å². The second kappa shape index (κ2) is 7.93. The number of aryl methyl sites for hydroxylation is 1. The second-order valence-corrected chi connectivity index (χ2v) is 7.40. The SMILES string of the molecule is Cc1ccc(OCC(=O)NNC(=O)CSC(C)(C)C)cc1. The lowest BCUT2D eigenvalue weighted by Gasteiger charge is -2.17. The molecule has 5 nitrogen and oxygen atoms in total. The molecule has 0 aliphatic carbocycles. The van der Waals surface area contributed by atoms with Crippen LogP contribution in [0.4, 0.5) is 0 Å². The fourth-order valence-corrected chi connectivity index (χ4v) is 1.91. The molecule has 2 N–H and O–H groups in total. The van der Waals surface area contributed by atoms with E-state index in [1.54, 1.807) is 12.1 Å². The molecule has 21 heavy (non-hydrogen) atoms. The topological polar surface area (TPSA) is 67.4 Å². The van der Waals surface area contributed by atoms with Gasteiger partial charge in [0.2, 0.25) is 5.91 Å². The minimum absolute atomic E-state index is 0.00982. The van der Waals surface area contributed by atoms with Crippen molar-refractivity contribution in [1.29, 1.82) is 0 Å². The van der Waals surface area contributed by atoms with E-state index in [2.05, 4.69) is 10.9 Å². The average Bonchev–Trinajstić information content (AvgIpc) is 2.41. The number of amides is 2. The van der Waals surface area contributed by atoms with E-state index in [1.807, 2.05) is 39.8 Å². The number of hydrogen-bond donors (Lipinski definition) is 2. The summed E-state index contributed by atoms with van der Waals surface area (Å²) in [5.41, 5.74) is 5.81. The summed E-state index contributed by atoms with van der Waals surface area (Å²) in [5.74, 6) is 0.274. The lowest BCUT2D eigenvalue weighted by molar-refractivity contribution is -0.128. The highest BCUT2D eigenvalue weighted by molar-refractivity contribution is 8.01. The zero-order valence-electron chi connectivity index (χ0n) is 12.9. The van der Waals surface area contributed by atoms with Gasteiger partial charge in [0.05, 0.1) is 5.75 Å². The largest absolute Gasteiger partial charge is 0.484 e. The van der Waals surface area contributed by atoms with Gasteiger partial charge in [-0.15, -0.1) is 11.8 Å². The molecule has 6 heteroatoms. The van der Waals surface area contributed by atoms with Crippen LogP contribution in [0.25, 0.3) is 0 Å². The molecule has 1 aromatic rings. The number of benzene rings is 1. The number of nitrogens with one attached hydrogen (secondary N) is 2. The molecular formula is C15H22N2O3S. The van der Waals surface area contributed by atoms with E-state index in [4.69, 9.17) is 4.74 Å². The molecule has 0 bridgehead atoms. The fraction of sp³-hybridized carbons (Fsp3) is 0.467. The maximum absolute atomic E-state index is 11.5. The minimum atomic E-state index is -0.398. The minimum Gasteiger partial charge on any atom is -0.484 e. The van der Waals surface area contributed by atoms with Gasteiger partial charge in [-0.25, -0.2) is 0 Å². The number of carbonyl (C=O) groups is 2. The van der Waals surface area contributed by atoms with Gasteiger partial charge in [-0.3, -0.25) is 20.4 Å². The van der Waals surface area contributed by atoms with E-state index in [0.29, 0.717) is 11.5 Å². The van der Waals surface area contributed by atoms with Crippen molar-refractivity contribution < 1.29 is 14.3 Å². The Hall–Kier alpha value is -1.69. The average molecular weight is 310 g/mol. The summed E-state index contributed by atoms with van der Waals surface area (Å²) in [6.45, 7) is 7.91. The number of rotatable bonds is 5. The quantitative estimate of drug-likeness (QED) is 0.817. The summed E-state index contributed by atoms with van der Waals surface area (Å²) >= 11 is 1.51. The van der Waals surface area contributed by atoms with Gasteiger partial charge in [0.25, 0.3) is 5.91 Å². The first-order valence-electron chi connectivity index (χ1n) is 6.67. The molecular weight excluding hydrogens is 288 g/mol. The van der Waals surface area contributed by atoms with Crippen LogP contribution in [-0.4, -0.2) is 28.9 Å². The molecule has 0 heterocycles. The second-order valence-electron chi connectivity index (χ2n) is 5.60. The number of hydrazine groups is 1. The van der Waals surface area contributed by atoms with E-state index in [0.717, 1.165) is 5.56 Å². The maximum Gasteiger partial charge on any atom is 0.276 e. The van der Waals surface area contributed by atoms with Crippen LogP contribution in [0.5, 0.6) is 5.75 Å². The van der Waals surface area contributed by atoms with Crippen molar-refractivity contribution >= 4 is 23.6 Å². The first-order chi connectivity index (χ1) is 9.76. The van der Waals surface area contributed by atoms with Crippen LogP contribution < -0.4 is 15.6 Å². The summed E-state index contributed by atoms with van der Waals surface area (Å²) in [4.78, 5) is 23.0. The Morgan fingerprint density at radius 1 is 1.10 bits per heavy atom. The van der Waals surface area contributed by atoms with Gasteiger partial charge in [0.15, 0.2) is 6.61 Å². The predicted molar refractivity (Wildman–Crippen MR) is 85.2 cm³/mol. The Balaban J connectivity index is 2.22. The Morgan fingerprint density at radius 3 is 2.24 bits per heavy atom. The maximum atomic E-state index is 11.5. The van der Waals surface area contributed by atoms with Crippen molar-refractivity contribution in [3.8, 4) is 5.75 Å². The summed E-state index contributed by atoms with van der Waals surface area (Å²) in [6, 6.07) is 7.39. The van der Waals surface area contributed by atoms with Crippen LogP contribution in [0.2, 0.25) is 0 Å². The van der Waals surface area contributed by atoms with Crippen LogP contribution in [0, 0.1) is 6.92 Å². The zero-order valence-corrected chi connectivity index (χ0v) is 13.7. The molecule has 0 fully saturated rings. The highest BCUT2D eigenvalue weighted by Crippen LogP contribution is 2.22. The van der Waals surface area contributed by atoms with Crippen molar-refractivity contribution in [3.05, 3.63) is 29.8 Å². The molecule has 0 spiro atoms. The van der Waals surface area contributed by atoms with E-state index < -0.39 is 5.91 Å². The normalized spacial score (nSPS) is 10.9. The van der Waals surface area contributed by atoms with Crippen molar-refractivity contribution in [2.75, 3.05) is 12.4 Å². The Morgan fingerprint density at radius 2 is 1.67 bits per heavy atom. The van der Waals surface area contributed by atoms with Crippen LogP contribution in [0.1, 0.15) is 26.3 Å². The predicted octanol–water partition coefficient (Wildman–Crippen LogP) is 2.05. The monoisotopic (exact) mass is 310 g/mol. The Kier molecular flexibility index (Phi) is 6.55. The first-order valence-corrected chi connectivity index (χ1v) is 7.66. The van der Waals surface area contributed by atoms with Gasteiger partial charge < -0.3 is 4.74 Å². The third kappa shape index (κ3) is 8.24. The highest BCUT2D eigenvalue weighted by Gasteiger charge is 2.13. The van der Waals surface area contributed by atoms with Crippen molar-refractivity contribution in [3.63, 3.8) is 0 Å². The van der Waals surface area contributed by atoms with Crippen LogP contribution in [0.15, 0.2) is 24.3 Å². The highest BCUT2D eigenvalue weighted by atomic mass is 32.2. The van der Waals surface area contributed by atoms with E-state index in [1.165, 1.54) is 11.8 Å². The molecule has 0 aromatic heterocycles. The van der Waals surface area contributed by atoms with Gasteiger partial charge in [0, 0.05) is 4.75 Å².